The van der Waals surface area contributed by atoms with Crippen molar-refractivity contribution in [2.75, 3.05) is 6.54 Å². The summed E-state index contributed by atoms with van der Waals surface area (Å²) >= 11 is 0. The highest BCUT2D eigenvalue weighted by atomic mass is 19.1. The number of nitrogens with one attached hydrogen (secondary N) is 1. The minimum Gasteiger partial charge on any atom is -0.355 e. The number of rotatable bonds is 5. The van der Waals surface area contributed by atoms with Crippen LogP contribution >= 0.6 is 0 Å². The molecule has 1 amide bonds. The standard InChI is InChI=1S/C8H10FNO/c1-2-8(9)5-3-4-6-10-7-11/h2-5,7H,1,6H2,(H,10,11)/b4-3+,8-5+. The van der Waals surface area contributed by atoms with Crippen LogP contribution in [-0.2, 0) is 4.79 Å². The Labute approximate surface area is 65.1 Å². The Morgan fingerprint density at radius 3 is 2.91 bits per heavy atom. The van der Waals surface area contributed by atoms with Gasteiger partial charge in [-0.05, 0) is 12.2 Å². The molecule has 0 aromatic heterocycles. The molecule has 0 radical (unpaired) electrons. The van der Waals surface area contributed by atoms with Crippen LogP contribution in [0.15, 0.2) is 36.7 Å². The second-order valence-electron chi connectivity index (χ2n) is 1.71. The molecule has 0 aromatic carbocycles. The highest BCUT2D eigenvalue weighted by molar-refractivity contribution is 5.46. The molecule has 0 heterocycles. The van der Waals surface area contributed by atoms with Gasteiger partial charge in [0.25, 0.3) is 0 Å². The average molecular weight is 155 g/mol. The first-order valence-corrected chi connectivity index (χ1v) is 3.13. The average Bonchev–Trinajstić information content (AvgIpc) is 2.04. The van der Waals surface area contributed by atoms with E-state index >= 15 is 0 Å². The van der Waals surface area contributed by atoms with E-state index in [-0.39, 0.29) is 0 Å². The Kier molecular flexibility index (Phi) is 5.89. The number of hydrogen-bond acceptors (Lipinski definition) is 1. The monoisotopic (exact) mass is 155 g/mol. The van der Waals surface area contributed by atoms with Crippen molar-refractivity contribution in [2.24, 2.45) is 0 Å². The first-order valence-electron chi connectivity index (χ1n) is 3.13. The van der Waals surface area contributed by atoms with Crippen molar-refractivity contribution in [3.63, 3.8) is 0 Å². The predicted octanol–water partition coefficient (Wildman–Crippen LogP) is 1.33. The van der Waals surface area contributed by atoms with E-state index in [4.69, 9.17) is 0 Å². The summed E-state index contributed by atoms with van der Waals surface area (Å²) in [5, 5.41) is 2.40. The molecule has 60 valence electrons. The lowest BCUT2D eigenvalue weighted by molar-refractivity contribution is -0.109. The first-order chi connectivity index (χ1) is 5.31. The molecule has 0 atom stereocenters. The van der Waals surface area contributed by atoms with Crippen LogP contribution in [-0.4, -0.2) is 13.0 Å². The molecule has 2 nitrogen and oxygen atoms in total. The largest absolute Gasteiger partial charge is 0.355 e. The summed E-state index contributed by atoms with van der Waals surface area (Å²) in [6, 6.07) is 0. The highest BCUT2D eigenvalue weighted by Gasteiger charge is 1.78. The van der Waals surface area contributed by atoms with E-state index in [0.717, 1.165) is 6.08 Å². The minimum atomic E-state index is -0.396. The summed E-state index contributed by atoms with van der Waals surface area (Å²) in [5.74, 6) is -0.396. The zero-order valence-corrected chi connectivity index (χ0v) is 6.09. The smallest absolute Gasteiger partial charge is 0.207 e. The molecule has 0 fully saturated rings. The summed E-state index contributed by atoms with van der Waals surface area (Å²) in [7, 11) is 0. The van der Waals surface area contributed by atoms with Gasteiger partial charge < -0.3 is 5.32 Å². The van der Waals surface area contributed by atoms with Crippen molar-refractivity contribution in [3.05, 3.63) is 36.7 Å². The van der Waals surface area contributed by atoms with Gasteiger partial charge >= 0.3 is 0 Å². The van der Waals surface area contributed by atoms with E-state index < -0.39 is 5.83 Å². The maximum Gasteiger partial charge on any atom is 0.207 e. The Morgan fingerprint density at radius 1 is 1.64 bits per heavy atom. The quantitative estimate of drug-likeness (QED) is 0.362. The third-order valence-corrected chi connectivity index (χ3v) is 0.906. The summed E-state index contributed by atoms with van der Waals surface area (Å²) in [6.07, 6.45) is 6.08. The topological polar surface area (TPSA) is 29.1 Å². The molecule has 11 heavy (non-hydrogen) atoms. The van der Waals surface area contributed by atoms with Crippen LogP contribution in [0.3, 0.4) is 0 Å². The van der Waals surface area contributed by atoms with E-state index in [1.807, 2.05) is 0 Å². The van der Waals surface area contributed by atoms with Crippen LogP contribution in [0.4, 0.5) is 4.39 Å². The van der Waals surface area contributed by atoms with Crippen LogP contribution in [0.1, 0.15) is 0 Å². The van der Waals surface area contributed by atoms with Crippen molar-refractivity contribution >= 4 is 6.41 Å². The van der Waals surface area contributed by atoms with Gasteiger partial charge in [0, 0.05) is 6.54 Å². The van der Waals surface area contributed by atoms with Gasteiger partial charge in [-0.1, -0.05) is 18.7 Å². The lowest BCUT2D eigenvalue weighted by Gasteiger charge is -1.85. The van der Waals surface area contributed by atoms with Crippen LogP contribution < -0.4 is 5.32 Å². The van der Waals surface area contributed by atoms with Gasteiger partial charge in [0.15, 0.2) is 0 Å². The van der Waals surface area contributed by atoms with Crippen molar-refractivity contribution in [1.82, 2.24) is 5.32 Å². The molecule has 0 rings (SSSR count). The van der Waals surface area contributed by atoms with Gasteiger partial charge in [0.2, 0.25) is 6.41 Å². The number of carbonyl (C=O) groups is 1. The Hall–Kier alpha value is -1.38. The Balaban J connectivity index is 3.58. The minimum absolute atomic E-state index is 0.396. The normalized spacial score (nSPS) is 11.5. The number of amides is 1. The Morgan fingerprint density at radius 2 is 2.36 bits per heavy atom. The molecule has 0 unspecified atom stereocenters. The number of carbonyl (C=O) groups excluding carboxylic acids is 1. The predicted molar refractivity (Wildman–Crippen MR) is 42.6 cm³/mol. The van der Waals surface area contributed by atoms with E-state index in [1.54, 1.807) is 6.08 Å². The van der Waals surface area contributed by atoms with Crippen molar-refractivity contribution in [1.29, 1.82) is 0 Å². The number of allylic oxidation sites excluding steroid dienone is 4. The molecule has 0 bridgehead atoms. The van der Waals surface area contributed by atoms with Gasteiger partial charge in [0.05, 0.1) is 0 Å². The van der Waals surface area contributed by atoms with Crippen LogP contribution in [0, 0.1) is 0 Å². The summed E-state index contributed by atoms with van der Waals surface area (Å²) in [5.41, 5.74) is 0. The highest BCUT2D eigenvalue weighted by Crippen LogP contribution is 1.95. The molecule has 0 aliphatic heterocycles. The molecule has 0 aliphatic carbocycles. The second-order valence-corrected chi connectivity index (χ2v) is 1.71. The lowest BCUT2D eigenvalue weighted by atomic mass is 10.4. The summed E-state index contributed by atoms with van der Waals surface area (Å²) < 4.78 is 12.2. The number of halogens is 1. The third kappa shape index (κ3) is 6.51. The SMILES string of the molecule is C=C/C(F)=C\C=C\CNC=O. The molecule has 0 aliphatic rings. The maximum absolute atomic E-state index is 12.2. The molecular weight excluding hydrogens is 145 g/mol. The van der Waals surface area contributed by atoms with Crippen molar-refractivity contribution in [2.45, 2.75) is 0 Å². The molecule has 3 heteroatoms. The fourth-order valence-electron chi connectivity index (χ4n) is 0.412. The van der Waals surface area contributed by atoms with Gasteiger partial charge in [-0.2, -0.15) is 0 Å². The molecular formula is C8H10FNO. The number of hydrogen-bond donors (Lipinski definition) is 1. The molecule has 0 aromatic rings. The van der Waals surface area contributed by atoms with Gasteiger partial charge in [-0.3, -0.25) is 4.79 Å². The van der Waals surface area contributed by atoms with E-state index in [9.17, 15) is 9.18 Å². The maximum atomic E-state index is 12.2. The molecule has 0 spiro atoms. The van der Waals surface area contributed by atoms with E-state index in [1.165, 1.54) is 12.2 Å². The molecule has 0 saturated carbocycles. The van der Waals surface area contributed by atoms with Crippen LogP contribution in [0.5, 0.6) is 0 Å². The van der Waals surface area contributed by atoms with Crippen LogP contribution in [0.2, 0.25) is 0 Å². The van der Waals surface area contributed by atoms with E-state index in [0.29, 0.717) is 13.0 Å². The van der Waals surface area contributed by atoms with Crippen LogP contribution in [0.25, 0.3) is 0 Å². The second kappa shape index (κ2) is 6.74. The molecule has 1 N–H and O–H groups in total. The fraction of sp³-hybridized carbons (Fsp3) is 0.125. The van der Waals surface area contributed by atoms with Gasteiger partial charge in [-0.15, -0.1) is 0 Å². The Bertz CT molecular complexity index is 185. The third-order valence-electron chi connectivity index (χ3n) is 0.906. The first kappa shape index (κ1) is 9.62. The van der Waals surface area contributed by atoms with Gasteiger partial charge in [0.1, 0.15) is 5.83 Å². The van der Waals surface area contributed by atoms with Crippen molar-refractivity contribution < 1.29 is 9.18 Å². The fourth-order valence-corrected chi connectivity index (χ4v) is 0.412. The summed E-state index contributed by atoms with van der Waals surface area (Å²) in [4.78, 5) is 9.71. The zero-order valence-electron chi connectivity index (χ0n) is 6.09. The summed E-state index contributed by atoms with van der Waals surface area (Å²) in [6.45, 7) is 3.63. The lowest BCUT2D eigenvalue weighted by Crippen LogP contribution is -2.09. The van der Waals surface area contributed by atoms with E-state index in [2.05, 4.69) is 11.9 Å². The zero-order chi connectivity index (χ0) is 8.53. The molecule has 0 saturated heterocycles. The van der Waals surface area contributed by atoms with Gasteiger partial charge in [-0.25, -0.2) is 4.39 Å². The van der Waals surface area contributed by atoms with Crippen molar-refractivity contribution in [3.8, 4) is 0 Å².